The van der Waals surface area contributed by atoms with Crippen LogP contribution in [0.25, 0.3) is 10.2 Å². The van der Waals surface area contributed by atoms with Gasteiger partial charge < -0.3 is 9.88 Å². The number of thiophene rings is 1. The molecular formula is C20H16FN3OS. The maximum Gasteiger partial charge on any atom is 0.268 e. The number of nitrogens with one attached hydrogen (secondary N) is 1. The lowest BCUT2D eigenvalue weighted by Gasteiger charge is -2.11. The molecule has 0 bridgehead atoms. The van der Waals surface area contributed by atoms with Crippen LogP contribution in [0.3, 0.4) is 0 Å². The third-order valence-corrected chi connectivity index (χ3v) is 5.04. The minimum Gasteiger partial charge on any atom is -0.347 e. The normalized spacial score (nSPS) is 11.0. The van der Waals surface area contributed by atoms with E-state index in [1.807, 2.05) is 34.2 Å². The highest BCUT2D eigenvalue weighted by Gasteiger charge is 2.16. The molecule has 4 aromatic rings. The molecule has 0 radical (unpaired) electrons. The van der Waals surface area contributed by atoms with Gasteiger partial charge in [0, 0.05) is 25.5 Å². The van der Waals surface area contributed by atoms with E-state index in [0.717, 1.165) is 21.3 Å². The van der Waals surface area contributed by atoms with Crippen molar-refractivity contribution in [1.82, 2.24) is 14.9 Å². The standard InChI is InChI=1S/C20H16FN3OS/c21-16-5-3-14(4-6-16)13-24-17-7-9-26-19(17)10-18(24)20(25)23-12-15-2-1-8-22-11-15/h1-11H,12-13H2,(H,23,25). The molecule has 0 saturated heterocycles. The minimum absolute atomic E-state index is 0.139. The molecule has 0 unspecified atom stereocenters. The van der Waals surface area contributed by atoms with Crippen molar-refractivity contribution in [3.05, 3.63) is 88.9 Å². The van der Waals surface area contributed by atoms with Crippen molar-refractivity contribution in [1.29, 1.82) is 0 Å². The lowest BCUT2D eigenvalue weighted by atomic mass is 10.2. The molecule has 0 aliphatic carbocycles. The maximum atomic E-state index is 13.2. The molecule has 3 aromatic heterocycles. The molecule has 1 amide bonds. The molecule has 0 spiro atoms. The highest BCUT2D eigenvalue weighted by molar-refractivity contribution is 7.17. The second-order valence-corrected chi connectivity index (χ2v) is 6.90. The first-order valence-corrected chi connectivity index (χ1v) is 9.07. The lowest BCUT2D eigenvalue weighted by Crippen LogP contribution is -2.25. The van der Waals surface area contributed by atoms with Crippen molar-refractivity contribution in [2.24, 2.45) is 0 Å². The first-order valence-electron chi connectivity index (χ1n) is 8.19. The number of nitrogens with zero attached hydrogens (tertiary/aromatic N) is 2. The number of carbonyl (C=O) groups is 1. The molecule has 1 aromatic carbocycles. The molecule has 3 heterocycles. The predicted molar refractivity (Wildman–Crippen MR) is 101 cm³/mol. The first-order chi connectivity index (χ1) is 12.7. The Balaban J connectivity index is 1.60. The minimum atomic E-state index is -0.267. The smallest absolute Gasteiger partial charge is 0.268 e. The summed E-state index contributed by atoms with van der Waals surface area (Å²) in [5.41, 5.74) is 3.49. The number of aromatic nitrogens is 2. The Morgan fingerprint density at radius 2 is 2.00 bits per heavy atom. The fourth-order valence-electron chi connectivity index (χ4n) is 2.88. The molecule has 0 aliphatic heterocycles. The molecule has 0 saturated carbocycles. The van der Waals surface area contributed by atoms with Gasteiger partial charge in [-0.2, -0.15) is 0 Å². The van der Waals surface area contributed by atoms with Gasteiger partial charge in [0.05, 0.1) is 10.2 Å². The van der Waals surface area contributed by atoms with E-state index in [1.54, 1.807) is 35.9 Å². The predicted octanol–water partition coefficient (Wildman–Crippen LogP) is 4.22. The number of pyridine rings is 1. The summed E-state index contributed by atoms with van der Waals surface area (Å²) in [4.78, 5) is 16.8. The van der Waals surface area contributed by atoms with Crippen LogP contribution in [0.5, 0.6) is 0 Å². The average molecular weight is 365 g/mol. The van der Waals surface area contributed by atoms with E-state index in [4.69, 9.17) is 0 Å². The average Bonchev–Trinajstić information content (AvgIpc) is 3.25. The number of hydrogen-bond acceptors (Lipinski definition) is 3. The number of carbonyl (C=O) groups excluding carboxylic acids is 1. The summed E-state index contributed by atoms with van der Waals surface area (Å²) >= 11 is 1.60. The molecule has 0 aliphatic rings. The summed E-state index contributed by atoms with van der Waals surface area (Å²) in [5, 5.41) is 4.95. The van der Waals surface area contributed by atoms with Crippen LogP contribution in [0.4, 0.5) is 4.39 Å². The third-order valence-electron chi connectivity index (χ3n) is 4.19. The van der Waals surface area contributed by atoms with Crippen LogP contribution in [0, 0.1) is 5.82 Å². The molecule has 4 nitrogen and oxygen atoms in total. The zero-order chi connectivity index (χ0) is 17.9. The fraction of sp³-hybridized carbons (Fsp3) is 0.100. The van der Waals surface area contributed by atoms with Gasteiger partial charge in [-0.3, -0.25) is 9.78 Å². The van der Waals surface area contributed by atoms with E-state index < -0.39 is 0 Å². The van der Waals surface area contributed by atoms with Crippen LogP contribution >= 0.6 is 11.3 Å². The van der Waals surface area contributed by atoms with Crippen LogP contribution in [0.2, 0.25) is 0 Å². The maximum absolute atomic E-state index is 13.2. The molecule has 4 rings (SSSR count). The Bertz CT molecular complexity index is 1040. The van der Waals surface area contributed by atoms with Gasteiger partial charge in [-0.05, 0) is 46.8 Å². The van der Waals surface area contributed by atoms with Gasteiger partial charge in [0.25, 0.3) is 5.91 Å². The SMILES string of the molecule is O=C(NCc1cccnc1)c1cc2sccc2n1Cc1ccc(F)cc1. The van der Waals surface area contributed by atoms with Gasteiger partial charge in [0.1, 0.15) is 11.5 Å². The number of amides is 1. The summed E-state index contributed by atoms with van der Waals surface area (Å²) in [6, 6.07) is 14.0. The fourth-order valence-corrected chi connectivity index (χ4v) is 3.71. The zero-order valence-electron chi connectivity index (χ0n) is 13.9. The van der Waals surface area contributed by atoms with E-state index in [-0.39, 0.29) is 11.7 Å². The summed E-state index contributed by atoms with van der Waals surface area (Å²) in [5.74, 6) is -0.407. The largest absolute Gasteiger partial charge is 0.347 e. The Morgan fingerprint density at radius 3 is 2.77 bits per heavy atom. The molecule has 0 atom stereocenters. The summed E-state index contributed by atoms with van der Waals surface area (Å²) < 4.78 is 16.2. The van der Waals surface area contributed by atoms with Gasteiger partial charge in [-0.1, -0.05) is 18.2 Å². The van der Waals surface area contributed by atoms with Gasteiger partial charge in [0.2, 0.25) is 0 Å². The topological polar surface area (TPSA) is 46.9 Å². The van der Waals surface area contributed by atoms with Crippen molar-refractivity contribution < 1.29 is 9.18 Å². The second kappa shape index (κ2) is 7.09. The highest BCUT2D eigenvalue weighted by atomic mass is 32.1. The number of benzene rings is 1. The van der Waals surface area contributed by atoms with Crippen LogP contribution in [0.15, 0.2) is 66.3 Å². The van der Waals surface area contributed by atoms with Gasteiger partial charge >= 0.3 is 0 Å². The van der Waals surface area contributed by atoms with Crippen molar-refractivity contribution >= 4 is 27.5 Å². The van der Waals surface area contributed by atoms with E-state index in [0.29, 0.717) is 18.8 Å². The quantitative estimate of drug-likeness (QED) is 0.576. The van der Waals surface area contributed by atoms with Gasteiger partial charge in [-0.25, -0.2) is 4.39 Å². The van der Waals surface area contributed by atoms with Crippen molar-refractivity contribution in [3.8, 4) is 0 Å². The Kier molecular flexibility index (Phi) is 4.50. The van der Waals surface area contributed by atoms with Crippen molar-refractivity contribution in [2.45, 2.75) is 13.1 Å². The van der Waals surface area contributed by atoms with Gasteiger partial charge in [0.15, 0.2) is 0 Å². The summed E-state index contributed by atoms with van der Waals surface area (Å²) in [7, 11) is 0. The van der Waals surface area contributed by atoms with E-state index >= 15 is 0 Å². The molecule has 26 heavy (non-hydrogen) atoms. The molecule has 6 heteroatoms. The second-order valence-electron chi connectivity index (χ2n) is 5.96. The Morgan fingerprint density at radius 1 is 1.15 bits per heavy atom. The molecular weight excluding hydrogens is 349 g/mol. The Labute approximate surface area is 153 Å². The number of rotatable bonds is 5. The van der Waals surface area contributed by atoms with E-state index in [1.165, 1.54) is 12.1 Å². The number of fused-ring (bicyclic) bond motifs is 1. The van der Waals surface area contributed by atoms with Crippen LogP contribution in [-0.2, 0) is 13.1 Å². The van der Waals surface area contributed by atoms with Crippen molar-refractivity contribution in [2.75, 3.05) is 0 Å². The number of halogens is 1. The highest BCUT2D eigenvalue weighted by Crippen LogP contribution is 2.26. The molecule has 130 valence electrons. The third kappa shape index (κ3) is 3.36. The zero-order valence-corrected chi connectivity index (χ0v) is 14.7. The van der Waals surface area contributed by atoms with E-state index in [2.05, 4.69) is 10.3 Å². The monoisotopic (exact) mass is 365 g/mol. The van der Waals surface area contributed by atoms with E-state index in [9.17, 15) is 9.18 Å². The Hall–Kier alpha value is -2.99. The van der Waals surface area contributed by atoms with Crippen LogP contribution < -0.4 is 5.32 Å². The summed E-state index contributed by atoms with van der Waals surface area (Å²) in [6.45, 7) is 0.929. The van der Waals surface area contributed by atoms with Crippen LogP contribution in [-0.4, -0.2) is 15.5 Å². The number of hydrogen-bond donors (Lipinski definition) is 1. The molecule has 0 fully saturated rings. The first kappa shape index (κ1) is 16.5. The van der Waals surface area contributed by atoms with Crippen LogP contribution in [0.1, 0.15) is 21.6 Å². The van der Waals surface area contributed by atoms with Crippen molar-refractivity contribution in [3.63, 3.8) is 0 Å². The summed E-state index contributed by atoms with van der Waals surface area (Å²) in [6.07, 6.45) is 3.43. The molecule has 1 N–H and O–H groups in total. The lowest BCUT2D eigenvalue weighted by molar-refractivity contribution is 0.0942. The van der Waals surface area contributed by atoms with Gasteiger partial charge in [-0.15, -0.1) is 11.3 Å².